The summed E-state index contributed by atoms with van der Waals surface area (Å²) in [6, 6.07) is 11.9. The van der Waals surface area contributed by atoms with Crippen molar-refractivity contribution in [2.24, 2.45) is 0 Å². The molecule has 0 aliphatic carbocycles. The molecule has 0 aromatic heterocycles. The predicted octanol–water partition coefficient (Wildman–Crippen LogP) is 2.39. The number of rotatable bonds is 6. The molecule has 0 bridgehead atoms. The van der Waals surface area contributed by atoms with Gasteiger partial charge >= 0.3 is 0 Å². The highest BCUT2D eigenvalue weighted by atomic mass is 16.6. The van der Waals surface area contributed by atoms with Gasteiger partial charge in [-0.15, -0.1) is 0 Å². The van der Waals surface area contributed by atoms with Gasteiger partial charge in [-0.3, -0.25) is 19.7 Å². The molecule has 25 heavy (non-hydrogen) atoms. The Labute approximate surface area is 144 Å². The lowest BCUT2D eigenvalue weighted by Gasteiger charge is -2.16. The molecule has 130 valence electrons. The number of nitro groups is 1. The van der Waals surface area contributed by atoms with Gasteiger partial charge in [0.2, 0.25) is 5.91 Å². The fourth-order valence-electron chi connectivity index (χ4n) is 2.19. The summed E-state index contributed by atoms with van der Waals surface area (Å²) in [4.78, 5) is 34.4. The van der Waals surface area contributed by atoms with Crippen molar-refractivity contribution >= 4 is 28.9 Å². The van der Waals surface area contributed by atoms with Crippen LogP contribution in [0.2, 0.25) is 0 Å². The number of para-hydroxylation sites is 2. The molecule has 0 aliphatic rings. The summed E-state index contributed by atoms with van der Waals surface area (Å²) < 4.78 is 0. The number of hydrogen-bond donors (Lipinski definition) is 3. The molecule has 3 N–H and O–H groups in total. The maximum absolute atomic E-state index is 12.3. The fourth-order valence-corrected chi connectivity index (χ4v) is 2.19. The lowest BCUT2D eigenvalue weighted by Crippen LogP contribution is -2.32. The van der Waals surface area contributed by atoms with E-state index in [4.69, 9.17) is 0 Å². The number of nitrogens with one attached hydrogen (secondary N) is 3. The van der Waals surface area contributed by atoms with Gasteiger partial charge in [0.05, 0.1) is 4.92 Å². The monoisotopic (exact) mass is 342 g/mol. The number of hydrogen-bond acceptors (Lipinski definition) is 5. The van der Waals surface area contributed by atoms with Crippen LogP contribution in [0.4, 0.5) is 17.1 Å². The zero-order valence-electron chi connectivity index (χ0n) is 13.8. The first-order valence-electron chi connectivity index (χ1n) is 7.55. The molecule has 8 nitrogen and oxygen atoms in total. The second-order valence-corrected chi connectivity index (χ2v) is 5.29. The summed E-state index contributed by atoms with van der Waals surface area (Å²) in [5.74, 6) is -0.666. The average molecular weight is 342 g/mol. The molecule has 0 heterocycles. The third-order valence-corrected chi connectivity index (χ3v) is 3.49. The SMILES string of the molecule is CNC(=O)c1cccc(NC(C)C(=O)Nc2ccccc2[N+](=O)[O-])c1. The molecule has 0 saturated carbocycles. The Morgan fingerprint density at radius 2 is 1.84 bits per heavy atom. The second-order valence-electron chi connectivity index (χ2n) is 5.29. The second kappa shape index (κ2) is 7.91. The number of amides is 2. The van der Waals surface area contributed by atoms with Crippen LogP contribution in [-0.4, -0.2) is 29.8 Å². The van der Waals surface area contributed by atoms with E-state index in [1.165, 1.54) is 25.2 Å². The van der Waals surface area contributed by atoms with Crippen molar-refractivity contribution in [3.63, 3.8) is 0 Å². The number of carbonyl (C=O) groups is 2. The minimum atomic E-state index is -0.667. The summed E-state index contributed by atoms with van der Waals surface area (Å²) in [5, 5.41) is 19.0. The summed E-state index contributed by atoms with van der Waals surface area (Å²) >= 11 is 0. The summed E-state index contributed by atoms with van der Waals surface area (Å²) in [6.45, 7) is 1.62. The summed E-state index contributed by atoms with van der Waals surface area (Å²) in [6.07, 6.45) is 0. The van der Waals surface area contributed by atoms with E-state index >= 15 is 0 Å². The third-order valence-electron chi connectivity index (χ3n) is 3.49. The van der Waals surface area contributed by atoms with E-state index in [9.17, 15) is 19.7 Å². The average Bonchev–Trinajstić information content (AvgIpc) is 2.61. The molecular formula is C17H18N4O4. The van der Waals surface area contributed by atoms with Crippen LogP contribution < -0.4 is 16.0 Å². The van der Waals surface area contributed by atoms with Gasteiger partial charge in [-0.1, -0.05) is 18.2 Å². The van der Waals surface area contributed by atoms with Crippen LogP contribution in [0.25, 0.3) is 0 Å². The molecule has 0 radical (unpaired) electrons. The number of nitrogens with zero attached hydrogens (tertiary/aromatic N) is 1. The Kier molecular flexibility index (Phi) is 5.67. The Bertz CT molecular complexity index is 807. The molecule has 8 heteroatoms. The van der Waals surface area contributed by atoms with Gasteiger partial charge in [0, 0.05) is 24.4 Å². The number of benzene rings is 2. The molecule has 0 spiro atoms. The van der Waals surface area contributed by atoms with Crippen LogP contribution >= 0.6 is 0 Å². The quantitative estimate of drug-likeness (QED) is 0.551. The van der Waals surface area contributed by atoms with E-state index < -0.39 is 16.9 Å². The highest BCUT2D eigenvalue weighted by Crippen LogP contribution is 2.23. The molecule has 0 fully saturated rings. The predicted molar refractivity (Wildman–Crippen MR) is 94.6 cm³/mol. The first kappa shape index (κ1) is 17.9. The van der Waals surface area contributed by atoms with Crippen LogP contribution in [-0.2, 0) is 4.79 Å². The molecule has 2 aromatic rings. The fraction of sp³-hybridized carbons (Fsp3) is 0.176. The van der Waals surface area contributed by atoms with Crippen LogP contribution in [0, 0.1) is 10.1 Å². The zero-order valence-corrected chi connectivity index (χ0v) is 13.8. The van der Waals surface area contributed by atoms with Crippen molar-refractivity contribution in [1.82, 2.24) is 5.32 Å². The number of carbonyl (C=O) groups excluding carboxylic acids is 2. The van der Waals surface area contributed by atoms with Crippen LogP contribution in [0.5, 0.6) is 0 Å². The highest BCUT2D eigenvalue weighted by molar-refractivity contribution is 5.98. The van der Waals surface area contributed by atoms with Crippen molar-refractivity contribution in [2.45, 2.75) is 13.0 Å². The molecular weight excluding hydrogens is 324 g/mol. The molecule has 2 aromatic carbocycles. The van der Waals surface area contributed by atoms with Crippen molar-refractivity contribution in [1.29, 1.82) is 0 Å². The van der Waals surface area contributed by atoms with Crippen molar-refractivity contribution < 1.29 is 14.5 Å². The molecule has 0 aliphatic heterocycles. The van der Waals surface area contributed by atoms with E-state index in [0.717, 1.165) is 0 Å². The minimum Gasteiger partial charge on any atom is -0.374 e. The van der Waals surface area contributed by atoms with Crippen LogP contribution in [0.1, 0.15) is 17.3 Å². The highest BCUT2D eigenvalue weighted by Gasteiger charge is 2.18. The number of nitro benzene ring substituents is 1. The van der Waals surface area contributed by atoms with Gasteiger partial charge < -0.3 is 16.0 Å². The third kappa shape index (κ3) is 4.54. The molecule has 0 saturated heterocycles. The smallest absolute Gasteiger partial charge is 0.292 e. The van der Waals surface area contributed by atoms with Crippen molar-refractivity contribution in [2.75, 3.05) is 17.7 Å². The van der Waals surface area contributed by atoms with Crippen molar-refractivity contribution in [3.05, 3.63) is 64.2 Å². The Hall–Kier alpha value is -3.42. The van der Waals surface area contributed by atoms with E-state index in [-0.39, 0.29) is 17.3 Å². The molecule has 2 amide bonds. The first-order valence-corrected chi connectivity index (χ1v) is 7.55. The minimum absolute atomic E-state index is 0.130. The van der Waals surface area contributed by atoms with Crippen LogP contribution in [0.15, 0.2) is 48.5 Å². The van der Waals surface area contributed by atoms with Gasteiger partial charge in [-0.2, -0.15) is 0 Å². The lowest BCUT2D eigenvalue weighted by molar-refractivity contribution is -0.383. The van der Waals surface area contributed by atoms with Gasteiger partial charge in [0.1, 0.15) is 11.7 Å². The topological polar surface area (TPSA) is 113 Å². The summed E-state index contributed by atoms with van der Waals surface area (Å²) in [5.41, 5.74) is 1.00. The number of anilines is 2. The standard InChI is InChI=1S/C17H18N4O4/c1-11(19-13-7-5-6-12(10-13)17(23)18-2)16(22)20-14-8-3-4-9-15(14)21(24)25/h3-11,19H,1-2H3,(H,18,23)(H,20,22). The van der Waals surface area contributed by atoms with Gasteiger partial charge in [0.15, 0.2) is 0 Å². The largest absolute Gasteiger partial charge is 0.374 e. The Balaban J connectivity index is 2.09. The normalized spacial score (nSPS) is 11.3. The van der Waals surface area contributed by atoms with Crippen molar-refractivity contribution in [3.8, 4) is 0 Å². The van der Waals surface area contributed by atoms with Gasteiger partial charge in [-0.05, 0) is 31.2 Å². The maximum Gasteiger partial charge on any atom is 0.292 e. The van der Waals surface area contributed by atoms with E-state index in [1.807, 2.05) is 0 Å². The zero-order chi connectivity index (χ0) is 18.4. The first-order chi connectivity index (χ1) is 11.9. The Morgan fingerprint density at radius 1 is 1.12 bits per heavy atom. The van der Waals surface area contributed by atoms with Crippen LogP contribution in [0.3, 0.4) is 0 Å². The Morgan fingerprint density at radius 3 is 2.52 bits per heavy atom. The molecule has 1 unspecified atom stereocenters. The van der Waals surface area contributed by atoms with Gasteiger partial charge in [0.25, 0.3) is 11.6 Å². The summed E-state index contributed by atoms with van der Waals surface area (Å²) in [7, 11) is 1.53. The molecule has 1 atom stereocenters. The van der Waals surface area contributed by atoms with E-state index in [0.29, 0.717) is 11.3 Å². The van der Waals surface area contributed by atoms with E-state index in [2.05, 4.69) is 16.0 Å². The molecule has 2 rings (SSSR count). The maximum atomic E-state index is 12.3. The van der Waals surface area contributed by atoms with Gasteiger partial charge in [-0.25, -0.2) is 0 Å². The lowest BCUT2D eigenvalue weighted by atomic mass is 10.1. The van der Waals surface area contributed by atoms with E-state index in [1.54, 1.807) is 37.3 Å².